The van der Waals surface area contributed by atoms with Crippen LogP contribution in [0.3, 0.4) is 0 Å². The molecule has 0 aliphatic heterocycles. The molecule has 1 aromatic heterocycles. The number of carbonyl (C=O) groups is 1. The van der Waals surface area contributed by atoms with Crippen LogP contribution in [0.25, 0.3) is 22.5 Å². The molecule has 0 spiro atoms. The molecule has 0 saturated carbocycles. The Morgan fingerprint density at radius 3 is 2.36 bits per heavy atom. The fraction of sp³-hybridized carbons (Fsp3) is 0.111. The topological polar surface area (TPSA) is 69.7 Å². The number of para-hydroxylation sites is 1. The lowest BCUT2D eigenvalue weighted by atomic mass is 10.1. The Morgan fingerprint density at radius 2 is 1.58 bits per heavy atom. The maximum Gasteiger partial charge on any atom is 0.262 e. The van der Waals surface area contributed by atoms with E-state index in [1.54, 1.807) is 14.2 Å². The first kappa shape index (κ1) is 21.9. The Kier molecular flexibility index (Phi) is 6.85. The second kappa shape index (κ2) is 10.3. The van der Waals surface area contributed by atoms with E-state index < -0.39 is 0 Å². The first-order chi connectivity index (χ1) is 16.2. The summed E-state index contributed by atoms with van der Waals surface area (Å²) >= 11 is 0. The highest BCUT2D eigenvalue weighted by atomic mass is 16.5. The number of amides is 1. The minimum atomic E-state index is -0.237. The van der Waals surface area contributed by atoms with Crippen molar-refractivity contribution in [2.75, 3.05) is 26.1 Å². The second-order valence-electron chi connectivity index (χ2n) is 7.20. The third-order valence-corrected chi connectivity index (χ3v) is 4.99. The van der Waals surface area contributed by atoms with Gasteiger partial charge < -0.3 is 19.5 Å². The van der Waals surface area contributed by atoms with Gasteiger partial charge in [0, 0.05) is 16.8 Å². The van der Waals surface area contributed by atoms with E-state index in [1.165, 1.54) is 0 Å². The molecule has 0 aliphatic carbocycles. The molecule has 4 aromatic rings. The number of nitrogens with one attached hydrogen (secondary N) is 1. The summed E-state index contributed by atoms with van der Waals surface area (Å²) in [6, 6.07) is 28.2. The molecular formula is C27H24N2O4. The van der Waals surface area contributed by atoms with Crippen molar-refractivity contribution in [1.82, 2.24) is 4.98 Å². The van der Waals surface area contributed by atoms with Gasteiger partial charge in [-0.3, -0.25) is 4.79 Å². The van der Waals surface area contributed by atoms with E-state index in [-0.39, 0.29) is 12.5 Å². The van der Waals surface area contributed by atoms with Gasteiger partial charge in [-0.15, -0.1) is 0 Å². The molecule has 1 heterocycles. The maximum atomic E-state index is 12.3. The van der Waals surface area contributed by atoms with E-state index in [1.807, 2.05) is 91.0 Å². The number of methoxy groups -OCH3 is 2. The van der Waals surface area contributed by atoms with Crippen LogP contribution in [0.15, 0.2) is 91.0 Å². The summed E-state index contributed by atoms with van der Waals surface area (Å²) in [4.78, 5) is 17.1. The summed E-state index contributed by atoms with van der Waals surface area (Å²) in [6.45, 7) is -0.0718. The zero-order valence-electron chi connectivity index (χ0n) is 18.4. The van der Waals surface area contributed by atoms with Crippen molar-refractivity contribution >= 4 is 11.6 Å². The van der Waals surface area contributed by atoms with Crippen molar-refractivity contribution in [2.24, 2.45) is 0 Å². The molecule has 1 N–H and O–H groups in total. The molecular weight excluding hydrogens is 416 g/mol. The third-order valence-electron chi connectivity index (χ3n) is 4.99. The lowest BCUT2D eigenvalue weighted by molar-refractivity contribution is -0.118. The zero-order chi connectivity index (χ0) is 23.0. The van der Waals surface area contributed by atoms with Gasteiger partial charge in [0.25, 0.3) is 5.91 Å². The largest absolute Gasteiger partial charge is 0.497 e. The molecule has 3 aromatic carbocycles. The number of rotatable bonds is 8. The number of hydrogen-bond acceptors (Lipinski definition) is 5. The fourth-order valence-corrected chi connectivity index (χ4v) is 3.38. The quantitative estimate of drug-likeness (QED) is 0.395. The first-order valence-corrected chi connectivity index (χ1v) is 10.4. The summed E-state index contributed by atoms with van der Waals surface area (Å²) in [6.07, 6.45) is 0. The number of nitrogens with zero attached hydrogens (tertiary/aromatic N) is 1. The molecule has 6 heteroatoms. The van der Waals surface area contributed by atoms with Crippen LogP contribution in [0, 0.1) is 0 Å². The van der Waals surface area contributed by atoms with Crippen LogP contribution in [0.5, 0.6) is 17.2 Å². The van der Waals surface area contributed by atoms with Gasteiger partial charge >= 0.3 is 0 Å². The summed E-state index contributed by atoms with van der Waals surface area (Å²) in [5.41, 5.74) is 3.91. The summed E-state index contributed by atoms with van der Waals surface area (Å²) in [5.74, 6) is 1.84. The minimum absolute atomic E-state index is 0.0718. The molecule has 166 valence electrons. The van der Waals surface area contributed by atoms with Crippen molar-refractivity contribution in [2.45, 2.75) is 0 Å². The molecule has 0 atom stereocenters. The Bertz CT molecular complexity index is 1240. The zero-order valence-corrected chi connectivity index (χ0v) is 18.4. The Balaban J connectivity index is 1.53. The van der Waals surface area contributed by atoms with Gasteiger partial charge in [-0.2, -0.15) is 0 Å². The van der Waals surface area contributed by atoms with Gasteiger partial charge in [-0.25, -0.2) is 4.98 Å². The number of hydrogen-bond donors (Lipinski definition) is 1. The van der Waals surface area contributed by atoms with Crippen molar-refractivity contribution in [3.05, 3.63) is 91.0 Å². The Labute approximate surface area is 192 Å². The number of ether oxygens (including phenoxy) is 3. The lowest BCUT2D eigenvalue weighted by Gasteiger charge is -2.12. The molecule has 0 fully saturated rings. The number of anilines is 1. The number of benzene rings is 3. The third kappa shape index (κ3) is 5.49. The monoisotopic (exact) mass is 440 g/mol. The van der Waals surface area contributed by atoms with E-state index in [4.69, 9.17) is 19.2 Å². The van der Waals surface area contributed by atoms with Crippen LogP contribution in [-0.4, -0.2) is 31.7 Å². The Morgan fingerprint density at radius 1 is 0.788 bits per heavy atom. The predicted octanol–water partition coefficient (Wildman–Crippen LogP) is 5.45. The molecule has 6 nitrogen and oxygen atoms in total. The van der Waals surface area contributed by atoms with Crippen molar-refractivity contribution in [3.63, 3.8) is 0 Å². The predicted molar refractivity (Wildman–Crippen MR) is 129 cm³/mol. The average Bonchev–Trinajstić information content (AvgIpc) is 2.88. The van der Waals surface area contributed by atoms with Gasteiger partial charge in [0.1, 0.15) is 17.2 Å². The van der Waals surface area contributed by atoms with Gasteiger partial charge in [-0.1, -0.05) is 36.4 Å². The normalized spacial score (nSPS) is 10.4. The van der Waals surface area contributed by atoms with Crippen molar-refractivity contribution in [1.29, 1.82) is 0 Å². The maximum absolute atomic E-state index is 12.3. The summed E-state index contributed by atoms with van der Waals surface area (Å²) in [5, 5.41) is 2.87. The van der Waals surface area contributed by atoms with E-state index in [9.17, 15) is 4.79 Å². The highest BCUT2D eigenvalue weighted by Crippen LogP contribution is 2.33. The van der Waals surface area contributed by atoms with E-state index >= 15 is 0 Å². The average molecular weight is 440 g/mol. The number of pyridine rings is 1. The standard InChI is InChI=1S/C27H24N2O4/c1-31-22-14-15-26(32-2)23(17-22)25-13-7-12-24(29-25)19-8-6-9-20(16-19)28-27(30)18-33-21-10-4-3-5-11-21/h3-17H,18H2,1-2H3,(H,28,30). The smallest absolute Gasteiger partial charge is 0.262 e. The van der Waals surface area contributed by atoms with Gasteiger partial charge in [-0.05, 0) is 54.6 Å². The Hall–Kier alpha value is -4.32. The minimum Gasteiger partial charge on any atom is -0.497 e. The molecule has 0 radical (unpaired) electrons. The van der Waals surface area contributed by atoms with Gasteiger partial charge in [0.15, 0.2) is 6.61 Å². The SMILES string of the molecule is COc1ccc(OC)c(-c2cccc(-c3cccc(NC(=O)COc4ccccc4)c3)n2)c1. The van der Waals surface area contributed by atoms with Crippen LogP contribution in [0.4, 0.5) is 5.69 Å². The van der Waals surface area contributed by atoms with E-state index in [2.05, 4.69) is 5.32 Å². The van der Waals surface area contributed by atoms with Gasteiger partial charge in [0.05, 0.1) is 25.6 Å². The molecule has 0 aliphatic rings. The van der Waals surface area contributed by atoms with E-state index in [0.29, 0.717) is 17.2 Å². The van der Waals surface area contributed by atoms with Crippen LogP contribution in [0.1, 0.15) is 0 Å². The van der Waals surface area contributed by atoms with Crippen molar-refractivity contribution in [3.8, 4) is 39.8 Å². The highest BCUT2D eigenvalue weighted by molar-refractivity contribution is 5.92. The highest BCUT2D eigenvalue weighted by Gasteiger charge is 2.11. The van der Waals surface area contributed by atoms with Crippen LogP contribution in [0.2, 0.25) is 0 Å². The fourth-order valence-electron chi connectivity index (χ4n) is 3.38. The van der Waals surface area contributed by atoms with Crippen LogP contribution >= 0.6 is 0 Å². The first-order valence-electron chi connectivity index (χ1n) is 10.4. The van der Waals surface area contributed by atoms with Crippen LogP contribution in [-0.2, 0) is 4.79 Å². The summed E-state index contributed by atoms with van der Waals surface area (Å²) < 4.78 is 16.4. The molecule has 0 bridgehead atoms. The second-order valence-corrected chi connectivity index (χ2v) is 7.20. The lowest BCUT2D eigenvalue weighted by Crippen LogP contribution is -2.20. The van der Waals surface area contributed by atoms with Crippen LogP contribution < -0.4 is 19.5 Å². The van der Waals surface area contributed by atoms with E-state index in [0.717, 1.165) is 28.3 Å². The number of aromatic nitrogens is 1. The number of carbonyl (C=O) groups excluding carboxylic acids is 1. The summed E-state index contributed by atoms with van der Waals surface area (Å²) in [7, 11) is 3.25. The van der Waals surface area contributed by atoms with Gasteiger partial charge in [0.2, 0.25) is 0 Å². The molecule has 1 amide bonds. The van der Waals surface area contributed by atoms with Crippen molar-refractivity contribution < 1.29 is 19.0 Å². The molecule has 0 saturated heterocycles. The molecule has 4 rings (SSSR count). The molecule has 0 unspecified atom stereocenters. The molecule has 33 heavy (non-hydrogen) atoms.